The first-order valence-corrected chi connectivity index (χ1v) is 5.38. The summed E-state index contributed by atoms with van der Waals surface area (Å²) < 4.78 is 2.14. The molecule has 0 aliphatic carbocycles. The summed E-state index contributed by atoms with van der Waals surface area (Å²) in [5.41, 5.74) is 10.5. The number of benzene rings is 1. The SMILES string of the molecule is Cc1c(CN)n(C)c2c(C)ccc(Cl)c12. The fourth-order valence-corrected chi connectivity index (χ4v) is 2.57. The first-order chi connectivity index (χ1) is 7.07. The minimum absolute atomic E-state index is 0.548. The topological polar surface area (TPSA) is 30.9 Å². The molecule has 0 aliphatic rings. The second-order valence-electron chi connectivity index (χ2n) is 3.92. The van der Waals surface area contributed by atoms with Gasteiger partial charge in [-0.15, -0.1) is 0 Å². The van der Waals surface area contributed by atoms with E-state index in [0.29, 0.717) is 6.54 Å². The van der Waals surface area contributed by atoms with Crippen LogP contribution in [0.4, 0.5) is 0 Å². The maximum Gasteiger partial charge on any atom is 0.0527 e. The molecule has 1 aromatic carbocycles. The molecule has 0 amide bonds. The first-order valence-electron chi connectivity index (χ1n) is 5.01. The van der Waals surface area contributed by atoms with Gasteiger partial charge in [0.1, 0.15) is 0 Å². The summed E-state index contributed by atoms with van der Waals surface area (Å²) in [6.45, 7) is 4.72. The molecule has 0 saturated heterocycles. The molecule has 0 aliphatic heterocycles. The summed E-state index contributed by atoms with van der Waals surface area (Å²) in [7, 11) is 2.04. The monoisotopic (exact) mass is 222 g/mol. The largest absolute Gasteiger partial charge is 0.346 e. The van der Waals surface area contributed by atoms with E-state index in [1.54, 1.807) is 0 Å². The molecular weight excluding hydrogens is 208 g/mol. The molecule has 0 saturated carbocycles. The average molecular weight is 223 g/mol. The molecule has 0 unspecified atom stereocenters. The smallest absolute Gasteiger partial charge is 0.0527 e. The number of halogens is 1. The zero-order chi connectivity index (χ0) is 11.2. The van der Waals surface area contributed by atoms with Gasteiger partial charge < -0.3 is 10.3 Å². The second-order valence-corrected chi connectivity index (χ2v) is 4.33. The molecule has 0 fully saturated rings. The molecule has 2 aromatic rings. The Kier molecular flexibility index (Phi) is 2.49. The summed E-state index contributed by atoms with van der Waals surface area (Å²) >= 11 is 6.22. The molecule has 1 heterocycles. The lowest BCUT2D eigenvalue weighted by Gasteiger charge is -2.04. The second kappa shape index (κ2) is 3.54. The summed E-state index contributed by atoms with van der Waals surface area (Å²) in [5, 5.41) is 1.95. The van der Waals surface area contributed by atoms with Crippen LogP contribution in [0.15, 0.2) is 12.1 Å². The highest BCUT2D eigenvalue weighted by Crippen LogP contribution is 2.32. The highest BCUT2D eigenvalue weighted by molar-refractivity contribution is 6.36. The van der Waals surface area contributed by atoms with E-state index in [9.17, 15) is 0 Å². The number of hydrogen-bond acceptors (Lipinski definition) is 1. The standard InChI is InChI=1S/C12H15ClN2/c1-7-4-5-9(13)11-8(2)10(6-14)15(3)12(7)11/h4-5H,6,14H2,1-3H3. The van der Waals surface area contributed by atoms with E-state index in [4.69, 9.17) is 17.3 Å². The van der Waals surface area contributed by atoms with Crippen LogP contribution in [0.2, 0.25) is 5.02 Å². The highest BCUT2D eigenvalue weighted by atomic mass is 35.5. The molecule has 0 bridgehead atoms. The van der Waals surface area contributed by atoms with Crippen molar-refractivity contribution in [3.8, 4) is 0 Å². The van der Waals surface area contributed by atoms with E-state index in [1.165, 1.54) is 16.6 Å². The third kappa shape index (κ3) is 1.36. The maximum atomic E-state index is 6.22. The predicted molar refractivity (Wildman–Crippen MR) is 65.3 cm³/mol. The Hall–Kier alpha value is -0.990. The molecular formula is C12H15ClN2. The van der Waals surface area contributed by atoms with Crippen LogP contribution in [-0.4, -0.2) is 4.57 Å². The van der Waals surface area contributed by atoms with Gasteiger partial charge in [-0.1, -0.05) is 17.7 Å². The fraction of sp³-hybridized carbons (Fsp3) is 0.333. The number of rotatable bonds is 1. The molecule has 2 rings (SSSR count). The first kappa shape index (κ1) is 10.5. The van der Waals surface area contributed by atoms with Gasteiger partial charge in [-0.25, -0.2) is 0 Å². The Morgan fingerprint density at radius 2 is 2.00 bits per heavy atom. The average Bonchev–Trinajstić information content (AvgIpc) is 2.46. The van der Waals surface area contributed by atoms with Gasteiger partial charge in [0.25, 0.3) is 0 Å². The van der Waals surface area contributed by atoms with E-state index in [1.807, 2.05) is 19.2 Å². The van der Waals surface area contributed by atoms with Crippen molar-refractivity contribution in [1.82, 2.24) is 4.57 Å². The lowest BCUT2D eigenvalue weighted by molar-refractivity contribution is 0.839. The van der Waals surface area contributed by atoms with Gasteiger partial charge >= 0.3 is 0 Å². The molecule has 15 heavy (non-hydrogen) atoms. The number of aryl methyl sites for hydroxylation is 3. The molecule has 1 aromatic heterocycles. The quantitative estimate of drug-likeness (QED) is 0.791. The maximum absolute atomic E-state index is 6.22. The Morgan fingerprint density at radius 1 is 1.33 bits per heavy atom. The Morgan fingerprint density at radius 3 is 2.53 bits per heavy atom. The summed E-state index contributed by atoms with van der Waals surface area (Å²) in [6.07, 6.45) is 0. The van der Waals surface area contributed by atoms with Crippen LogP contribution in [0.25, 0.3) is 10.9 Å². The van der Waals surface area contributed by atoms with E-state index in [2.05, 4.69) is 18.4 Å². The van der Waals surface area contributed by atoms with E-state index < -0.39 is 0 Å². The number of aromatic nitrogens is 1. The van der Waals surface area contributed by atoms with Crippen molar-refractivity contribution in [2.75, 3.05) is 0 Å². The highest BCUT2D eigenvalue weighted by Gasteiger charge is 2.14. The lowest BCUT2D eigenvalue weighted by Crippen LogP contribution is -2.04. The minimum Gasteiger partial charge on any atom is -0.346 e. The molecule has 0 atom stereocenters. The van der Waals surface area contributed by atoms with Crippen molar-refractivity contribution in [2.45, 2.75) is 20.4 Å². The van der Waals surface area contributed by atoms with Gasteiger partial charge in [-0.05, 0) is 31.0 Å². The van der Waals surface area contributed by atoms with Crippen molar-refractivity contribution >= 4 is 22.5 Å². The van der Waals surface area contributed by atoms with Crippen molar-refractivity contribution in [1.29, 1.82) is 0 Å². The van der Waals surface area contributed by atoms with Gasteiger partial charge in [0, 0.05) is 24.7 Å². The predicted octanol–water partition coefficient (Wildman–Crippen LogP) is 2.91. The normalized spacial score (nSPS) is 11.3. The number of nitrogens with zero attached hydrogens (tertiary/aromatic N) is 1. The van der Waals surface area contributed by atoms with Gasteiger partial charge in [-0.3, -0.25) is 0 Å². The third-order valence-electron chi connectivity index (χ3n) is 3.07. The number of nitrogens with two attached hydrogens (primary N) is 1. The van der Waals surface area contributed by atoms with E-state index in [0.717, 1.165) is 16.1 Å². The molecule has 2 nitrogen and oxygen atoms in total. The van der Waals surface area contributed by atoms with Gasteiger partial charge in [0.05, 0.1) is 10.5 Å². The van der Waals surface area contributed by atoms with Gasteiger partial charge in [-0.2, -0.15) is 0 Å². The molecule has 3 heteroatoms. The summed E-state index contributed by atoms with van der Waals surface area (Å²) in [4.78, 5) is 0. The van der Waals surface area contributed by atoms with Crippen molar-refractivity contribution in [2.24, 2.45) is 12.8 Å². The van der Waals surface area contributed by atoms with Crippen LogP contribution in [0.1, 0.15) is 16.8 Å². The van der Waals surface area contributed by atoms with Gasteiger partial charge in [0.15, 0.2) is 0 Å². The van der Waals surface area contributed by atoms with Crippen molar-refractivity contribution < 1.29 is 0 Å². The zero-order valence-corrected chi connectivity index (χ0v) is 10.0. The number of fused-ring (bicyclic) bond motifs is 1. The van der Waals surface area contributed by atoms with E-state index >= 15 is 0 Å². The van der Waals surface area contributed by atoms with Gasteiger partial charge in [0.2, 0.25) is 0 Å². The summed E-state index contributed by atoms with van der Waals surface area (Å²) in [5.74, 6) is 0. The molecule has 0 radical (unpaired) electrons. The van der Waals surface area contributed by atoms with Crippen LogP contribution in [-0.2, 0) is 13.6 Å². The van der Waals surface area contributed by atoms with Crippen LogP contribution < -0.4 is 5.73 Å². The van der Waals surface area contributed by atoms with Crippen LogP contribution >= 0.6 is 11.6 Å². The minimum atomic E-state index is 0.548. The Labute approximate surface area is 94.6 Å². The van der Waals surface area contributed by atoms with Crippen LogP contribution in [0.3, 0.4) is 0 Å². The van der Waals surface area contributed by atoms with Crippen molar-refractivity contribution in [3.63, 3.8) is 0 Å². The van der Waals surface area contributed by atoms with Crippen LogP contribution in [0, 0.1) is 13.8 Å². The van der Waals surface area contributed by atoms with Crippen molar-refractivity contribution in [3.05, 3.63) is 34.0 Å². The molecule has 80 valence electrons. The fourth-order valence-electron chi connectivity index (χ4n) is 2.28. The summed E-state index contributed by atoms with van der Waals surface area (Å²) in [6, 6.07) is 4.00. The zero-order valence-electron chi connectivity index (χ0n) is 9.26. The Balaban J connectivity index is 3.01. The number of hydrogen-bond donors (Lipinski definition) is 1. The van der Waals surface area contributed by atoms with E-state index in [-0.39, 0.29) is 0 Å². The molecule has 0 spiro atoms. The lowest BCUT2D eigenvalue weighted by atomic mass is 10.1. The van der Waals surface area contributed by atoms with Crippen LogP contribution in [0.5, 0.6) is 0 Å². The third-order valence-corrected chi connectivity index (χ3v) is 3.39. The molecule has 2 N–H and O–H groups in total. The Bertz CT molecular complexity index is 481.